The highest BCUT2D eigenvalue weighted by molar-refractivity contribution is 6.36. The van der Waals surface area contributed by atoms with Crippen LogP contribution >= 0.6 is 23.2 Å². The molecular formula is C26H23Cl2FN4O3. The van der Waals surface area contributed by atoms with Crippen molar-refractivity contribution in [2.45, 2.75) is 31.3 Å². The van der Waals surface area contributed by atoms with Gasteiger partial charge in [0, 0.05) is 41.1 Å². The van der Waals surface area contributed by atoms with E-state index >= 15 is 0 Å². The Hall–Kier alpha value is -3.36. The fourth-order valence-electron chi connectivity index (χ4n) is 4.97. The summed E-state index contributed by atoms with van der Waals surface area (Å²) in [6.07, 6.45) is 2.85. The number of nitrogens with one attached hydrogen (secondary N) is 1. The predicted molar refractivity (Wildman–Crippen MR) is 137 cm³/mol. The van der Waals surface area contributed by atoms with E-state index in [-0.39, 0.29) is 21.8 Å². The second-order valence-electron chi connectivity index (χ2n) is 9.06. The van der Waals surface area contributed by atoms with Crippen molar-refractivity contribution in [2.75, 3.05) is 24.1 Å². The largest absolute Gasteiger partial charge is 0.482 e. The number of ether oxygens (including phenoxy) is 1. The number of amides is 2. The third-order valence-electron chi connectivity index (χ3n) is 7.02. The number of aromatic nitrogens is 1. The van der Waals surface area contributed by atoms with Gasteiger partial charge in [0.05, 0.1) is 10.4 Å². The molecule has 1 atom stereocenters. The first-order valence-electron chi connectivity index (χ1n) is 11.4. The van der Waals surface area contributed by atoms with Gasteiger partial charge in [-0.05, 0) is 61.2 Å². The summed E-state index contributed by atoms with van der Waals surface area (Å²) in [5.74, 6) is -0.192. The molecule has 1 aromatic heterocycles. The number of anilines is 2. The van der Waals surface area contributed by atoms with Gasteiger partial charge in [0.15, 0.2) is 11.6 Å². The predicted octanol–water partition coefficient (Wildman–Crippen LogP) is 5.36. The third-order valence-corrected chi connectivity index (χ3v) is 7.74. The molecule has 0 radical (unpaired) electrons. The summed E-state index contributed by atoms with van der Waals surface area (Å²) >= 11 is 12.4. The third kappa shape index (κ3) is 4.04. The lowest BCUT2D eigenvalue weighted by molar-refractivity contribution is -0.126. The Balaban J connectivity index is 1.47. The van der Waals surface area contributed by atoms with E-state index in [9.17, 15) is 14.0 Å². The van der Waals surface area contributed by atoms with Crippen LogP contribution in [0.3, 0.4) is 0 Å². The second kappa shape index (κ2) is 9.26. The molecule has 2 aliphatic rings. The van der Waals surface area contributed by atoms with Crippen LogP contribution in [0, 0.1) is 5.82 Å². The number of hydrogen-bond acceptors (Lipinski definition) is 5. The number of likely N-dealkylation sites (tertiary alicyclic amines) is 1. The lowest BCUT2D eigenvalue weighted by Gasteiger charge is -2.36. The molecule has 10 heteroatoms. The van der Waals surface area contributed by atoms with E-state index in [2.05, 4.69) is 10.3 Å². The summed E-state index contributed by atoms with van der Waals surface area (Å²) in [6, 6.07) is 10.1. The van der Waals surface area contributed by atoms with Crippen LogP contribution < -0.4 is 15.8 Å². The highest BCUT2D eigenvalue weighted by Crippen LogP contribution is 2.46. The molecule has 1 fully saturated rings. The van der Waals surface area contributed by atoms with Crippen molar-refractivity contribution >= 4 is 47.0 Å². The first-order valence-corrected chi connectivity index (χ1v) is 12.2. The van der Waals surface area contributed by atoms with Crippen molar-refractivity contribution in [3.8, 4) is 16.9 Å². The lowest BCUT2D eigenvalue weighted by atomic mass is 9.73. The van der Waals surface area contributed by atoms with E-state index in [1.54, 1.807) is 24.1 Å². The standard InChI is InChI=1S/C26H23Cl2FN4O3/c1-14(22-18(27)3-4-19(29)23(22)28)36-21-11-16(12-31-24(21)30)15-2-5-20-17(10-15)26(25(35)32-20)6-8-33(13-34)9-7-26/h2-5,10-14H,6-9H2,1H3,(H2,30,31)(H,32,35)/t14-/m1/s1. The molecule has 0 unspecified atom stereocenters. The molecule has 2 aliphatic heterocycles. The van der Waals surface area contributed by atoms with Crippen molar-refractivity contribution in [2.24, 2.45) is 0 Å². The van der Waals surface area contributed by atoms with Crippen molar-refractivity contribution in [3.63, 3.8) is 0 Å². The van der Waals surface area contributed by atoms with E-state index in [4.69, 9.17) is 33.7 Å². The Morgan fingerprint density at radius 2 is 1.94 bits per heavy atom. The van der Waals surface area contributed by atoms with Crippen LogP contribution in [-0.2, 0) is 15.0 Å². The van der Waals surface area contributed by atoms with Crippen molar-refractivity contribution in [1.82, 2.24) is 9.88 Å². The number of benzene rings is 2. The van der Waals surface area contributed by atoms with Crippen molar-refractivity contribution in [1.29, 1.82) is 0 Å². The molecule has 3 aromatic rings. The van der Waals surface area contributed by atoms with Gasteiger partial charge in [-0.25, -0.2) is 9.37 Å². The molecule has 3 heterocycles. The molecule has 2 amide bonds. The number of carbonyl (C=O) groups is 2. The minimum Gasteiger partial charge on any atom is -0.482 e. The van der Waals surface area contributed by atoms with Gasteiger partial charge in [-0.1, -0.05) is 29.3 Å². The van der Waals surface area contributed by atoms with E-state index < -0.39 is 17.3 Å². The maximum Gasteiger partial charge on any atom is 0.235 e. The topological polar surface area (TPSA) is 97.5 Å². The molecular weight excluding hydrogens is 506 g/mol. The van der Waals surface area contributed by atoms with Crippen LogP contribution in [0.4, 0.5) is 15.9 Å². The van der Waals surface area contributed by atoms with E-state index in [1.165, 1.54) is 12.1 Å². The van der Waals surface area contributed by atoms with E-state index in [0.29, 0.717) is 37.2 Å². The van der Waals surface area contributed by atoms with Crippen LogP contribution in [0.1, 0.15) is 37.0 Å². The summed E-state index contributed by atoms with van der Waals surface area (Å²) in [5.41, 5.74) is 8.95. The zero-order valence-electron chi connectivity index (χ0n) is 19.4. The molecule has 1 spiro atoms. The first kappa shape index (κ1) is 24.3. The Labute approximate surface area is 217 Å². The molecule has 0 saturated carbocycles. The van der Waals surface area contributed by atoms with Crippen LogP contribution in [0.2, 0.25) is 10.0 Å². The van der Waals surface area contributed by atoms with Gasteiger partial charge in [0.1, 0.15) is 11.9 Å². The Kier molecular flexibility index (Phi) is 6.26. The lowest BCUT2D eigenvalue weighted by Crippen LogP contribution is -2.45. The van der Waals surface area contributed by atoms with Gasteiger partial charge in [0.2, 0.25) is 12.3 Å². The number of nitrogens with two attached hydrogens (primary N) is 1. The van der Waals surface area contributed by atoms with Gasteiger partial charge in [-0.15, -0.1) is 0 Å². The maximum atomic E-state index is 14.0. The van der Waals surface area contributed by atoms with Gasteiger partial charge < -0.3 is 20.7 Å². The van der Waals surface area contributed by atoms with Crippen LogP contribution in [0.15, 0.2) is 42.6 Å². The molecule has 5 rings (SSSR count). The summed E-state index contributed by atoms with van der Waals surface area (Å²) in [6.45, 7) is 2.73. The average Bonchev–Trinajstić information content (AvgIpc) is 3.13. The monoisotopic (exact) mass is 528 g/mol. The number of piperidine rings is 1. The smallest absolute Gasteiger partial charge is 0.235 e. The molecule has 2 aromatic carbocycles. The fraction of sp³-hybridized carbons (Fsp3) is 0.269. The first-order chi connectivity index (χ1) is 17.2. The van der Waals surface area contributed by atoms with Crippen LogP contribution in [0.5, 0.6) is 5.75 Å². The minimum atomic E-state index is -0.701. The fourth-order valence-corrected chi connectivity index (χ4v) is 5.65. The van der Waals surface area contributed by atoms with Gasteiger partial charge in [-0.3, -0.25) is 9.59 Å². The summed E-state index contributed by atoms with van der Waals surface area (Å²) in [5, 5.41) is 3.15. The zero-order valence-corrected chi connectivity index (χ0v) is 20.9. The van der Waals surface area contributed by atoms with E-state index in [1.807, 2.05) is 18.2 Å². The summed E-state index contributed by atoms with van der Waals surface area (Å²) in [7, 11) is 0. The Morgan fingerprint density at radius 1 is 1.19 bits per heavy atom. The van der Waals surface area contributed by atoms with Gasteiger partial charge >= 0.3 is 0 Å². The number of hydrogen-bond donors (Lipinski definition) is 2. The Morgan fingerprint density at radius 3 is 2.67 bits per heavy atom. The molecule has 36 heavy (non-hydrogen) atoms. The average molecular weight is 529 g/mol. The zero-order chi connectivity index (χ0) is 25.6. The number of rotatable bonds is 5. The van der Waals surface area contributed by atoms with E-state index in [0.717, 1.165) is 28.8 Å². The number of nitrogens with zero attached hydrogens (tertiary/aromatic N) is 2. The number of nitrogen functional groups attached to an aromatic ring is 1. The highest BCUT2D eigenvalue weighted by Gasteiger charge is 2.48. The number of fused-ring (bicyclic) bond motifs is 2. The summed E-state index contributed by atoms with van der Waals surface area (Å²) in [4.78, 5) is 30.1. The SMILES string of the molecule is C[C@@H](Oc1cc(-c2ccc3c(c2)C2(CCN(C=O)CC2)C(=O)N3)cnc1N)c1c(Cl)ccc(F)c1Cl. The van der Waals surface area contributed by atoms with Crippen molar-refractivity contribution < 1.29 is 18.7 Å². The molecule has 1 saturated heterocycles. The maximum absolute atomic E-state index is 14.0. The number of halogens is 3. The molecule has 7 nitrogen and oxygen atoms in total. The van der Waals surface area contributed by atoms with Crippen LogP contribution in [0.25, 0.3) is 11.1 Å². The molecule has 186 valence electrons. The summed E-state index contributed by atoms with van der Waals surface area (Å²) < 4.78 is 20.0. The second-order valence-corrected chi connectivity index (χ2v) is 9.85. The molecule has 0 aliphatic carbocycles. The Bertz CT molecular complexity index is 1380. The normalized spacial score (nSPS) is 17.0. The van der Waals surface area contributed by atoms with Crippen LogP contribution in [-0.4, -0.2) is 35.3 Å². The van der Waals surface area contributed by atoms with Gasteiger partial charge in [-0.2, -0.15) is 0 Å². The molecule has 0 bridgehead atoms. The van der Waals surface area contributed by atoms with Gasteiger partial charge in [0.25, 0.3) is 0 Å². The minimum absolute atomic E-state index is 0.0441. The quantitative estimate of drug-likeness (QED) is 0.343. The molecule has 3 N–H and O–H groups in total. The number of pyridine rings is 1. The number of carbonyl (C=O) groups excluding carboxylic acids is 2. The highest BCUT2D eigenvalue weighted by atomic mass is 35.5. The van der Waals surface area contributed by atoms with Crippen molar-refractivity contribution in [3.05, 3.63) is 69.6 Å².